The number of carbonyl (C=O) groups excluding carboxylic acids is 1. The number of benzene rings is 3. The maximum Gasteiger partial charge on any atom is 0.296 e. The van der Waals surface area contributed by atoms with Crippen molar-refractivity contribution in [1.82, 2.24) is 5.32 Å². The number of nitrogens with one attached hydrogen (secondary N) is 3. The van der Waals surface area contributed by atoms with Crippen molar-refractivity contribution in [2.75, 3.05) is 17.7 Å². The molecule has 0 heterocycles. The summed E-state index contributed by atoms with van der Waals surface area (Å²) in [4.78, 5) is 24.2. The van der Waals surface area contributed by atoms with Crippen molar-refractivity contribution < 1.29 is 14.5 Å². The first kappa shape index (κ1) is 23.7. The number of hydrogen-bond donors (Lipinski definition) is 3. The van der Waals surface area contributed by atoms with E-state index in [1.807, 2.05) is 50.2 Å². The lowest BCUT2D eigenvalue weighted by Crippen LogP contribution is -2.39. The summed E-state index contributed by atoms with van der Waals surface area (Å²) in [6.07, 6.45) is 0. The fraction of sp³-hybridized carbons (Fsp3) is 0.167. The van der Waals surface area contributed by atoms with Crippen LogP contribution in [-0.2, 0) is 4.79 Å². The Morgan fingerprint density at radius 2 is 1.67 bits per heavy atom. The van der Waals surface area contributed by atoms with Crippen LogP contribution < -0.4 is 20.7 Å². The molecule has 0 bridgehead atoms. The topological polar surface area (TPSA) is 106 Å². The molecule has 0 aliphatic heterocycles. The molecule has 0 aliphatic rings. The Morgan fingerprint density at radius 1 is 1.00 bits per heavy atom. The Balaban J connectivity index is 1.85. The highest BCUT2D eigenvalue weighted by Crippen LogP contribution is 2.29. The molecule has 1 unspecified atom stereocenters. The number of methoxy groups -OCH3 is 1. The highest BCUT2D eigenvalue weighted by molar-refractivity contribution is 7.80. The van der Waals surface area contributed by atoms with E-state index >= 15 is 0 Å². The maximum atomic E-state index is 13.3. The highest BCUT2D eigenvalue weighted by atomic mass is 32.1. The van der Waals surface area contributed by atoms with Crippen LogP contribution in [0.25, 0.3) is 0 Å². The molecular formula is C24H24N4O4S. The van der Waals surface area contributed by atoms with E-state index in [-0.39, 0.29) is 22.4 Å². The smallest absolute Gasteiger partial charge is 0.296 e. The second kappa shape index (κ2) is 10.6. The first-order valence-electron chi connectivity index (χ1n) is 10.1. The Labute approximate surface area is 197 Å². The Kier molecular flexibility index (Phi) is 7.57. The normalized spacial score (nSPS) is 11.2. The minimum Gasteiger partial charge on any atom is -0.496 e. The van der Waals surface area contributed by atoms with Crippen LogP contribution in [0.3, 0.4) is 0 Å². The third kappa shape index (κ3) is 5.83. The first-order valence-corrected chi connectivity index (χ1v) is 10.5. The molecule has 0 spiro atoms. The zero-order valence-electron chi connectivity index (χ0n) is 18.4. The van der Waals surface area contributed by atoms with Crippen LogP contribution >= 0.6 is 12.2 Å². The summed E-state index contributed by atoms with van der Waals surface area (Å²) in [7, 11) is 1.43. The van der Waals surface area contributed by atoms with Crippen molar-refractivity contribution in [3.63, 3.8) is 0 Å². The number of ether oxygens (including phenoxy) is 1. The summed E-state index contributed by atoms with van der Waals surface area (Å²) in [5.41, 5.74) is 3.27. The molecule has 0 fully saturated rings. The molecule has 8 nitrogen and oxygen atoms in total. The van der Waals surface area contributed by atoms with Gasteiger partial charge in [0.25, 0.3) is 11.6 Å². The zero-order valence-corrected chi connectivity index (χ0v) is 19.2. The van der Waals surface area contributed by atoms with Gasteiger partial charge in [-0.1, -0.05) is 48.5 Å². The number of hydrogen-bond acceptors (Lipinski definition) is 5. The second-order valence-corrected chi connectivity index (χ2v) is 7.75. The van der Waals surface area contributed by atoms with Crippen LogP contribution in [-0.4, -0.2) is 23.1 Å². The average molecular weight is 465 g/mol. The number of anilines is 2. The second-order valence-electron chi connectivity index (χ2n) is 7.34. The molecule has 0 aromatic heterocycles. The maximum absolute atomic E-state index is 13.3. The van der Waals surface area contributed by atoms with Crippen molar-refractivity contribution in [1.29, 1.82) is 0 Å². The number of para-hydroxylation sites is 1. The minimum atomic E-state index is -0.831. The molecule has 0 radical (unpaired) electrons. The van der Waals surface area contributed by atoms with E-state index in [9.17, 15) is 14.9 Å². The van der Waals surface area contributed by atoms with Crippen LogP contribution in [0.4, 0.5) is 17.1 Å². The third-order valence-corrected chi connectivity index (χ3v) is 5.27. The fourth-order valence-electron chi connectivity index (χ4n) is 3.34. The summed E-state index contributed by atoms with van der Waals surface area (Å²) >= 11 is 5.40. The number of nitro benzene ring substituents is 1. The van der Waals surface area contributed by atoms with E-state index in [1.54, 1.807) is 18.2 Å². The first-order chi connectivity index (χ1) is 15.8. The molecule has 33 heavy (non-hydrogen) atoms. The van der Waals surface area contributed by atoms with E-state index in [2.05, 4.69) is 16.0 Å². The van der Waals surface area contributed by atoms with Gasteiger partial charge in [-0.25, -0.2) is 0 Å². The van der Waals surface area contributed by atoms with Crippen LogP contribution in [0.5, 0.6) is 5.75 Å². The fourth-order valence-corrected chi connectivity index (χ4v) is 3.57. The lowest BCUT2D eigenvalue weighted by Gasteiger charge is -2.22. The number of thiocarbonyl (C=S) groups is 1. The summed E-state index contributed by atoms with van der Waals surface area (Å²) in [6.45, 7) is 3.84. The van der Waals surface area contributed by atoms with Crippen LogP contribution in [0.1, 0.15) is 22.7 Å². The van der Waals surface area contributed by atoms with Crippen LogP contribution in [0.2, 0.25) is 0 Å². The van der Waals surface area contributed by atoms with Gasteiger partial charge in [-0.15, -0.1) is 0 Å². The van der Waals surface area contributed by atoms with Gasteiger partial charge >= 0.3 is 0 Å². The third-order valence-electron chi connectivity index (χ3n) is 5.05. The van der Waals surface area contributed by atoms with Crippen molar-refractivity contribution in [2.45, 2.75) is 19.9 Å². The largest absolute Gasteiger partial charge is 0.496 e. The predicted octanol–water partition coefficient (Wildman–Crippen LogP) is 4.89. The molecule has 3 aromatic carbocycles. The molecule has 0 aliphatic carbocycles. The van der Waals surface area contributed by atoms with Crippen molar-refractivity contribution in [2.24, 2.45) is 0 Å². The minimum absolute atomic E-state index is 0.0637. The van der Waals surface area contributed by atoms with Gasteiger partial charge in [0, 0.05) is 5.69 Å². The lowest BCUT2D eigenvalue weighted by atomic mass is 10.0. The molecule has 9 heteroatoms. The highest BCUT2D eigenvalue weighted by Gasteiger charge is 2.24. The number of nitrogens with zero attached hydrogens (tertiary/aromatic N) is 1. The number of nitro groups is 1. The SMILES string of the molecule is COc1ccc(NC(=S)NC(C(=O)Nc2c(C)cccc2C)c2ccccc2)c([N+](=O)[O-])c1. The molecule has 3 rings (SSSR count). The van der Waals surface area contributed by atoms with Gasteiger partial charge in [0.1, 0.15) is 17.5 Å². The van der Waals surface area contributed by atoms with Gasteiger partial charge in [0.15, 0.2) is 5.11 Å². The molecule has 1 amide bonds. The standard InChI is InChI=1S/C24H24N4O4S/c1-15-8-7-9-16(2)21(15)26-23(29)22(17-10-5-4-6-11-17)27-24(33)25-19-13-12-18(32-3)14-20(19)28(30)31/h4-14,22H,1-3H3,(H,26,29)(H2,25,27,33). The summed E-state index contributed by atoms with van der Waals surface area (Å²) in [5.74, 6) is 0.0354. The van der Waals surface area contributed by atoms with E-state index in [0.717, 1.165) is 16.8 Å². The molecule has 3 N–H and O–H groups in total. The number of rotatable bonds is 7. The summed E-state index contributed by atoms with van der Waals surface area (Å²) in [5, 5.41) is 20.3. The molecule has 170 valence electrons. The monoisotopic (exact) mass is 464 g/mol. The molecule has 0 saturated heterocycles. The summed E-state index contributed by atoms with van der Waals surface area (Å²) in [6, 6.07) is 18.4. The predicted molar refractivity (Wildman–Crippen MR) is 133 cm³/mol. The van der Waals surface area contributed by atoms with E-state index in [1.165, 1.54) is 19.2 Å². The average Bonchev–Trinajstić information content (AvgIpc) is 2.80. The van der Waals surface area contributed by atoms with E-state index in [0.29, 0.717) is 11.3 Å². The Hall–Kier alpha value is -3.98. The Morgan fingerprint density at radius 3 is 2.27 bits per heavy atom. The quantitative estimate of drug-likeness (QED) is 0.260. The van der Waals surface area contributed by atoms with Gasteiger partial charge in [-0.2, -0.15) is 0 Å². The lowest BCUT2D eigenvalue weighted by molar-refractivity contribution is -0.384. The van der Waals surface area contributed by atoms with Gasteiger partial charge in [-0.05, 0) is 54.9 Å². The van der Waals surface area contributed by atoms with E-state index in [4.69, 9.17) is 17.0 Å². The molecule has 1 atom stereocenters. The zero-order chi connectivity index (χ0) is 24.0. The van der Waals surface area contributed by atoms with Crippen LogP contribution in [0, 0.1) is 24.0 Å². The number of aryl methyl sites for hydroxylation is 2. The Bertz CT molecular complexity index is 1160. The van der Waals surface area contributed by atoms with Crippen LogP contribution in [0.15, 0.2) is 66.7 Å². The van der Waals surface area contributed by atoms with Gasteiger partial charge < -0.3 is 20.7 Å². The molecular weight excluding hydrogens is 440 g/mol. The van der Waals surface area contributed by atoms with Gasteiger partial charge in [-0.3, -0.25) is 14.9 Å². The van der Waals surface area contributed by atoms with Gasteiger partial charge in [0.2, 0.25) is 0 Å². The van der Waals surface area contributed by atoms with Crippen molar-refractivity contribution >= 4 is 40.3 Å². The number of carbonyl (C=O) groups is 1. The summed E-state index contributed by atoms with van der Waals surface area (Å²) < 4.78 is 5.06. The molecule has 3 aromatic rings. The molecule has 0 saturated carbocycles. The van der Waals surface area contributed by atoms with E-state index < -0.39 is 11.0 Å². The number of amides is 1. The van der Waals surface area contributed by atoms with Crippen molar-refractivity contribution in [3.8, 4) is 5.75 Å². The van der Waals surface area contributed by atoms with Crippen molar-refractivity contribution in [3.05, 3.63) is 93.5 Å². The van der Waals surface area contributed by atoms with Gasteiger partial charge in [0.05, 0.1) is 18.1 Å².